The minimum atomic E-state index is -0.957. The highest BCUT2D eigenvalue weighted by Crippen LogP contribution is 2.27. The van der Waals surface area contributed by atoms with E-state index >= 15 is 0 Å². The lowest BCUT2D eigenvalue weighted by molar-refractivity contribution is 0.131. The molecular weight excluding hydrogens is 345 g/mol. The molecule has 0 atom stereocenters. The molecule has 0 unspecified atom stereocenters. The van der Waals surface area contributed by atoms with Crippen LogP contribution in [-0.4, -0.2) is 35.2 Å². The normalized spacial score (nSPS) is 15.1. The zero-order valence-corrected chi connectivity index (χ0v) is 14.0. The average Bonchev–Trinajstić information content (AvgIpc) is 2.62. The van der Waals surface area contributed by atoms with Crippen molar-refractivity contribution in [3.63, 3.8) is 0 Å². The van der Waals surface area contributed by atoms with Gasteiger partial charge in [0.25, 0.3) is 0 Å². The van der Waals surface area contributed by atoms with E-state index in [1.807, 2.05) is 4.90 Å². The minimum Gasteiger partial charge on any atom is -0.465 e. The van der Waals surface area contributed by atoms with Crippen molar-refractivity contribution in [2.24, 2.45) is 0 Å². The second-order valence-corrected chi connectivity index (χ2v) is 6.36. The smallest absolute Gasteiger partial charge is 0.407 e. The van der Waals surface area contributed by atoms with Gasteiger partial charge in [0.2, 0.25) is 0 Å². The Morgan fingerprint density at radius 2 is 1.81 bits per heavy atom. The predicted molar refractivity (Wildman–Crippen MR) is 91.6 cm³/mol. The number of nitrogens with zero attached hydrogens (tertiary/aromatic N) is 2. The summed E-state index contributed by atoms with van der Waals surface area (Å²) in [5.41, 5.74) is 1.19. The highest BCUT2D eigenvalue weighted by molar-refractivity contribution is 5.65. The van der Waals surface area contributed by atoms with E-state index in [0.29, 0.717) is 37.2 Å². The van der Waals surface area contributed by atoms with Crippen molar-refractivity contribution in [1.29, 1.82) is 0 Å². The Hall–Kier alpha value is -2.70. The highest BCUT2D eigenvalue weighted by atomic mass is 19.2. The van der Waals surface area contributed by atoms with Crippen LogP contribution in [0.25, 0.3) is 0 Å². The number of benzene rings is 2. The van der Waals surface area contributed by atoms with E-state index in [4.69, 9.17) is 5.11 Å². The van der Waals surface area contributed by atoms with E-state index in [9.17, 15) is 18.0 Å². The molecule has 3 rings (SSSR count). The first-order valence-electron chi connectivity index (χ1n) is 8.38. The van der Waals surface area contributed by atoms with E-state index in [1.54, 1.807) is 12.1 Å². The molecule has 1 saturated heterocycles. The van der Waals surface area contributed by atoms with E-state index in [0.717, 1.165) is 12.1 Å². The Labute approximate surface area is 149 Å². The van der Waals surface area contributed by atoms with Gasteiger partial charge >= 0.3 is 6.09 Å². The van der Waals surface area contributed by atoms with E-state index < -0.39 is 17.7 Å². The quantitative estimate of drug-likeness (QED) is 0.882. The number of carbonyl (C=O) groups is 1. The molecule has 1 aliphatic rings. The summed E-state index contributed by atoms with van der Waals surface area (Å²) in [4.78, 5) is 14.4. The lowest BCUT2D eigenvalue weighted by Crippen LogP contribution is -2.46. The third kappa shape index (κ3) is 4.09. The first-order chi connectivity index (χ1) is 12.4. The average molecular weight is 364 g/mol. The number of piperidine rings is 1. The molecule has 138 valence electrons. The van der Waals surface area contributed by atoms with Crippen LogP contribution in [-0.2, 0) is 6.54 Å². The molecule has 1 fully saturated rings. The standard InChI is InChI=1S/C19H19F3N2O2/c20-14-2-1-3-16(11-14)24(12-13-4-5-17(21)18(22)10-13)15-6-8-23(9-7-15)19(25)26/h1-5,10-11,15H,6-9,12H2,(H,25,26). The number of amides is 1. The summed E-state index contributed by atoms with van der Waals surface area (Å²) in [6.07, 6.45) is 0.195. The first kappa shape index (κ1) is 18.1. The van der Waals surface area contributed by atoms with Gasteiger partial charge in [-0.25, -0.2) is 18.0 Å². The molecule has 7 heteroatoms. The van der Waals surface area contributed by atoms with Crippen LogP contribution in [0.4, 0.5) is 23.7 Å². The van der Waals surface area contributed by atoms with E-state index in [1.165, 1.54) is 23.1 Å². The van der Waals surface area contributed by atoms with Gasteiger partial charge in [-0.15, -0.1) is 0 Å². The molecule has 0 saturated carbocycles. The fourth-order valence-electron chi connectivity index (χ4n) is 3.29. The number of rotatable bonds is 4. The zero-order chi connectivity index (χ0) is 18.7. The number of hydrogen-bond acceptors (Lipinski definition) is 2. The number of hydrogen-bond donors (Lipinski definition) is 1. The van der Waals surface area contributed by atoms with Gasteiger partial charge in [0.05, 0.1) is 0 Å². The molecule has 0 bridgehead atoms. The van der Waals surface area contributed by atoms with Gasteiger partial charge in [0, 0.05) is 31.4 Å². The van der Waals surface area contributed by atoms with Gasteiger partial charge in [-0.2, -0.15) is 0 Å². The first-order valence-corrected chi connectivity index (χ1v) is 8.38. The van der Waals surface area contributed by atoms with Crippen LogP contribution in [0.3, 0.4) is 0 Å². The number of anilines is 1. The van der Waals surface area contributed by atoms with Crippen LogP contribution in [0.1, 0.15) is 18.4 Å². The van der Waals surface area contributed by atoms with Crippen LogP contribution >= 0.6 is 0 Å². The fourth-order valence-corrected chi connectivity index (χ4v) is 3.29. The number of halogens is 3. The summed E-state index contributed by atoms with van der Waals surface area (Å²) < 4.78 is 40.4. The summed E-state index contributed by atoms with van der Waals surface area (Å²) in [7, 11) is 0. The lowest BCUT2D eigenvalue weighted by atomic mass is 10.0. The van der Waals surface area contributed by atoms with Gasteiger partial charge in [-0.05, 0) is 48.7 Å². The van der Waals surface area contributed by atoms with Crippen molar-refractivity contribution in [2.45, 2.75) is 25.4 Å². The lowest BCUT2D eigenvalue weighted by Gasteiger charge is -2.39. The van der Waals surface area contributed by atoms with Crippen LogP contribution < -0.4 is 4.90 Å². The molecule has 1 amide bonds. The van der Waals surface area contributed by atoms with Gasteiger partial charge < -0.3 is 14.9 Å². The largest absolute Gasteiger partial charge is 0.465 e. The summed E-state index contributed by atoms with van der Waals surface area (Å²) in [6, 6.07) is 9.75. The Morgan fingerprint density at radius 3 is 2.42 bits per heavy atom. The molecule has 2 aromatic carbocycles. The SMILES string of the molecule is O=C(O)N1CCC(N(Cc2ccc(F)c(F)c2)c2cccc(F)c2)CC1. The van der Waals surface area contributed by atoms with Crippen molar-refractivity contribution in [3.8, 4) is 0 Å². The second kappa shape index (κ2) is 7.68. The van der Waals surface area contributed by atoms with Gasteiger partial charge in [-0.3, -0.25) is 0 Å². The molecule has 2 aromatic rings. The summed E-state index contributed by atoms with van der Waals surface area (Å²) >= 11 is 0. The van der Waals surface area contributed by atoms with Crippen molar-refractivity contribution in [3.05, 3.63) is 65.5 Å². The molecule has 4 nitrogen and oxygen atoms in total. The van der Waals surface area contributed by atoms with Crippen LogP contribution in [0.15, 0.2) is 42.5 Å². The third-order valence-electron chi connectivity index (χ3n) is 4.65. The summed E-state index contributed by atoms with van der Waals surface area (Å²) in [5.74, 6) is -2.23. The summed E-state index contributed by atoms with van der Waals surface area (Å²) in [5, 5.41) is 9.09. The maximum atomic E-state index is 13.7. The van der Waals surface area contributed by atoms with Crippen molar-refractivity contribution < 1.29 is 23.1 Å². The molecule has 1 heterocycles. The predicted octanol–water partition coefficient (Wildman–Crippen LogP) is 4.25. The number of carboxylic acid groups (broad SMARTS) is 1. The van der Waals surface area contributed by atoms with Crippen molar-refractivity contribution >= 4 is 11.8 Å². The number of likely N-dealkylation sites (tertiary alicyclic amines) is 1. The highest BCUT2D eigenvalue weighted by Gasteiger charge is 2.27. The Balaban J connectivity index is 1.85. The molecule has 26 heavy (non-hydrogen) atoms. The van der Waals surface area contributed by atoms with Crippen LogP contribution in [0.5, 0.6) is 0 Å². The molecule has 1 N–H and O–H groups in total. The molecule has 0 spiro atoms. The monoisotopic (exact) mass is 364 g/mol. The molecular formula is C19H19F3N2O2. The maximum Gasteiger partial charge on any atom is 0.407 e. The fraction of sp³-hybridized carbons (Fsp3) is 0.316. The van der Waals surface area contributed by atoms with Gasteiger partial charge in [-0.1, -0.05) is 12.1 Å². The molecule has 1 aliphatic heterocycles. The Bertz CT molecular complexity index is 792. The summed E-state index contributed by atoms with van der Waals surface area (Å²) in [6.45, 7) is 1.03. The van der Waals surface area contributed by atoms with Crippen LogP contribution in [0.2, 0.25) is 0 Å². The van der Waals surface area contributed by atoms with Gasteiger partial charge in [0.1, 0.15) is 5.82 Å². The topological polar surface area (TPSA) is 43.8 Å². The maximum absolute atomic E-state index is 13.7. The Kier molecular flexibility index (Phi) is 5.35. The molecule has 0 aliphatic carbocycles. The van der Waals surface area contributed by atoms with E-state index in [2.05, 4.69) is 0 Å². The van der Waals surface area contributed by atoms with Crippen LogP contribution in [0, 0.1) is 17.5 Å². The Morgan fingerprint density at radius 1 is 1.08 bits per heavy atom. The molecule has 0 aromatic heterocycles. The third-order valence-corrected chi connectivity index (χ3v) is 4.65. The second-order valence-electron chi connectivity index (χ2n) is 6.36. The van der Waals surface area contributed by atoms with Gasteiger partial charge in [0.15, 0.2) is 11.6 Å². The molecule has 0 radical (unpaired) electrons. The van der Waals surface area contributed by atoms with E-state index in [-0.39, 0.29) is 18.4 Å². The van der Waals surface area contributed by atoms with Crippen molar-refractivity contribution in [1.82, 2.24) is 4.90 Å². The minimum absolute atomic E-state index is 0.0273. The zero-order valence-electron chi connectivity index (χ0n) is 14.0. The van der Waals surface area contributed by atoms with Crippen molar-refractivity contribution in [2.75, 3.05) is 18.0 Å².